The van der Waals surface area contributed by atoms with Gasteiger partial charge < -0.3 is 10.2 Å². The number of rotatable bonds is 5. The zero-order valence-corrected chi connectivity index (χ0v) is 13.6. The van der Waals surface area contributed by atoms with Gasteiger partial charge in [-0.1, -0.05) is 6.08 Å². The summed E-state index contributed by atoms with van der Waals surface area (Å²) >= 11 is 0. The van der Waals surface area contributed by atoms with E-state index in [2.05, 4.69) is 11.9 Å². The minimum atomic E-state index is -0.817. The molecule has 2 rings (SSSR count). The largest absolute Gasteiger partial charge is 0.327 e. The first-order valence-electron chi connectivity index (χ1n) is 7.47. The van der Waals surface area contributed by atoms with Crippen molar-refractivity contribution in [2.45, 2.75) is 26.3 Å². The first-order chi connectivity index (χ1) is 11.3. The molecule has 1 heterocycles. The Morgan fingerprint density at radius 1 is 1.29 bits per heavy atom. The molecule has 1 aliphatic rings. The molecule has 0 saturated carbocycles. The number of anilines is 2. The van der Waals surface area contributed by atoms with E-state index in [0.717, 1.165) is 4.90 Å². The molecule has 126 valence electrons. The summed E-state index contributed by atoms with van der Waals surface area (Å²) in [6.07, 6.45) is 1.46. The summed E-state index contributed by atoms with van der Waals surface area (Å²) in [5.74, 6) is -1.31. The molecule has 1 aromatic rings. The second-order valence-corrected chi connectivity index (χ2v) is 5.48. The Morgan fingerprint density at radius 2 is 1.92 bits per heavy atom. The van der Waals surface area contributed by atoms with Gasteiger partial charge in [0.2, 0.25) is 17.7 Å². The Bertz CT molecular complexity index is 696. The van der Waals surface area contributed by atoms with E-state index in [-0.39, 0.29) is 30.7 Å². The van der Waals surface area contributed by atoms with Crippen LogP contribution in [0.15, 0.2) is 36.9 Å². The van der Waals surface area contributed by atoms with Gasteiger partial charge in [-0.2, -0.15) is 0 Å². The van der Waals surface area contributed by atoms with E-state index in [0.29, 0.717) is 11.4 Å². The van der Waals surface area contributed by atoms with Crippen LogP contribution >= 0.6 is 0 Å². The summed E-state index contributed by atoms with van der Waals surface area (Å²) in [6, 6.07) is 5.56. The van der Waals surface area contributed by atoms with E-state index in [1.54, 1.807) is 24.3 Å². The lowest BCUT2D eigenvalue weighted by Crippen LogP contribution is -2.44. The average Bonchev–Trinajstić information content (AvgIpc) is 2.79. The molecule has 0 aliphatic carbocycles. The SMILES string of the molecule is C=CCN(C(C)=O)C1CC(=O)N(c2ccc(NC(C)=O)cc2)C1=O. The number of hydrogen-bond acceptors (Lipinski definition) is 4. The van der Waals surface area contributed by atoms with Crippen molar-refractivity contribution in [2.24, 2.45) is 0 Å². The Labute approximate surface area is 139 Å². The topological polar surface area (TPSA) is 86.8 Å². The van der Waals surface area contributed by atoms with Gasteiger partial charge in [0.05, 0.1) is 12.1 Å². The maximum Gasteiger partial charge on any atom is 0.257 e. The Hall–Kier alpha value is -2.96. The van der Waals surface area contributed by atoms with Gasteiger partial charge in [-0.3, -0.25) is 19.2 Å². The van der Waals surface area contributed by atoms with Crippen molar-refractivity contribution in [2.75, 3.05) is 16.8 Å². The summed E-state index contributed by atoms with van der Waals surface area (Å²) < 4.78 is 0. The standard InChI is InChI=1S/C17H19N3O4/c1-4-9-19(12(3)22)15-10-16(23)20(17(15)24)14-7-5-13(6-8-14)18-11(2)21/h4-8,15H,1,9-10H2,2-3H3,(H,18,21). The summed E-state index contributed by atoms with van der Waals surface area (Å²) in [4.78, 5) is 50.0. The van der Waals surface area contributed by atoms with Crippen LogP contribution in [0.25, 0.3) is 0 Å². The number of amides is 4. The van der Waals surface area contributed by atoms with E-state index in [4.69, 9.17) is 0 Å². The molecule has 0 spiro atoms. The van der Waals surface area contributed by atoms with Gasteiger partial charge in [-0.15, -0.1) is 6.58 Å². The van der Waals surface area contributed by atoms with Crippen LogP contribution < -0.4 is 10.2 Å². The van der Waals surface area contributed by atoms with E-state index in [9.17, 15) is 19.2 Å². The molecule has 24 heavy (non-hydrogen) atoms. The predicted octanol–water partition coefficient (Wildman–Crippen LogP) is 1.31. The van der Waals surface area contributed by atoms with Gasteiger partial charge in [0.15, 0.2) is 0 Å². The Balaban J connectivity index is 2.23. The van der Waals surface area contributed by atoms with Crippen molar-refractivity contribution >= 4 is 35.0 Å². The maximum atomic E-state index is 12.6. The third kappa shape index (κ3) is 3.51. The highest BCUT2D eigenvalue weighted by molar-refractivity contribution is 6.23. The molecule has 1 aliphatic heterocycles. The minimum Gasteiger partial charge on any atom is -0.327 e. The van der Waals surface area contributed by atoms with E-state index >= 15 is 0 Å². The quantitative estimate of drug-likeness (QED) is 0.652. The highest BCUT2D eigenvalue weighted by atomic mass is 16.2. The van der Waals surface area contributed by atoms with E-state index < -0.39 is 11.9 Å². The fraction of sp³-hybridized carbons (Fsp3) is 0.294. The number of nitrogens with one attached hydrogen (secondary N) is 1. The highest BCUT2D eigenvalue weighted by Gasteiger charge is 2.43. The molecular formula is C17H19N3O4. The summed E-state index contributed by atoms with van der Waals surface area (Å²) in [7, 11) is 0. The van der Waals surface area contributed by atoms with Crippen LogP contribution in [0.3, 0.4) is 0 Å². The van der Waals surface area contributed by atoms with Gasteiger partial charge in [0.1, 0.15) is 6.04 Å². The predicted molar refractivity (Wildman–Crippen MR) is 89.2 cm³/mol. The normalized spacial score (nSPS) is 16.9. The molecule has 1 fully saturated rings. The van der Waals surface area contributed by atoms with Crippen LogP contribution in [0.1, 0.15) is 20.3 Å². The van der Waals surface area contributed by atoms with Gasteiger partial charge in [-0.05, 0) is 24.3 Å². The number of benzene rings is 1. The van der Waals surface area contributed by atoms with Gasteiger partial charge in [-0.25, -0.2) is 4.90 Å². The monoisotopic (exact) mass is 329 g/mol. The third-order valence-electron chi connectivity index (χ3n) is 3.68. The Kier molecular flexibility index (Phi) is 5.13. The summed E-state index contributed by atoms with van der Waals surface area (Å²) in [5, 5.41) is 2.61. The van der Waals surface area contributed by atoms with Crippen LogP contribution in [0.4, 0.5) is 11.4 Å². The zero-order chi connectivity index (χ0) is 17.9. The molecule has 1 unspecified atom stereocenters. The second kappa shape index (κ2) is 7.08. The molecular weight excluding hydrogens is 310 g/mol. The molecule has 0 bridgehead atoms. The zero-order valence-electron chi connectivity index (χ0n) is 13.6. The number of hydrogen-bond donors (Lipinski definition) is 1. The van der Waals surface area contributed by atoms with Crippen molar-refractivity contribution in [1.82, 2.24) is 4.90 Å². The van der Waals surface area contributed by atoms with Crippen LogP contribution in [-0.4, -0.2) is 41.1 Å². The molecule has 1 atom stereocenters. The van der Waals surface area contributed by atoms with Crippen LogP contribution in [0.5, 0.6) is 0 Å². The summed E-state index contributed by atoms with van der Waals surface area (Å²) in [6.45, 7) is 6.52. The molecule has 1 aromatic carbocycles. The number of carbonyl (C=O) groups is 4. The lowest BCUT2D eigenvalue weighted by Gasteiger charge is -2.25. The van der Waals surface area contributed by atoms with Crippen molar-refractivity contribution in [3.05, 3.63) is 36.9 Å². The van der Waals surface area contributed by atoms with Crippen molar-refractivity contribution in [3.8, 4) is 0 Å². The molecule has 1 N–H and O–H groups in total. The van der Waals surface area contributed by atoms with Gasteiger partial charge in [0.25, 0.3) is 5.91 Å². The molecule has 1 saturated heterocycles. The molecule has 0 aromatic heterocycles. The lowest BCUT2D eigenvalue weighted by molar-refractivity contribution is -0.135. The first kappa shape index (κ1) is 17.4. The van der Waals surface area contributed by atoms with Gasteiger partial charge in [0, 0.05) is 26.1 Å². The third-order valence-corrected chi connectivity index (χ3v) is 3.68. The van der Waals surface area contributed by atoms with Crippen molar-refractivity contribution < 1.29 is 19.2 Å². The average molecular weight is 329 g/mol. The molecule has 4 amide bonds. The van der Waals surface area contributed by atoms with Crippen LogP contribution in [0.2, 0.25) is 0 Å². The molecule has 7 nitrogen and oxygen atoms in total. The smallest absolute Gasteiger partial charge is 0.257 e. The highest BCUT2D eigenvalue weighted by Crippen LogP contribution is 2.27. The molecule has 7 heteroatoms. The lowest BCUT2D eigenvalue weighted by atomic mass is 10.2. The summed E-state index contributed by atoms with van der Waals surface area (Å²) in [5.41, 5.74) is 0.975. The maximum absolute atomic E-state index is 12.6. The van der Waals surface area contributed by atoms with Crippen molar-refractivity contribution in [3.63, 3.8) is 0 Å². The molecule has 0 radical (unpaired) electrons. The van der Waals surface area contributed by atoms with E-state index in [1.165, 1.54) is 24.8 Å². The van der Waals surface area contributed by atoms with Crippen LogP contribution in [0, 0.1) is 0 Å². The Morgan fingerprint density at radius 3 is 2.42 bits per heavy atom. The van der Waals surface area contributed by atoms with Crippen LogP contribution in [-0.2, 0) is 19.2 Å². The van der Waals surface area contributed by atoms with E-state index in [1.807, 2.05) is 0 Å². The minimum absolute atomic E-state index is 0.0559. The second-order valence-electron chi connectivity index (χ2n) is 5.48. The van der Waals surface area contributed by atoms with Crippen molar-refractivity contribution in [1.29, 1.82) is 0 Å². The fourth-order valence-corrected chi connectivity index (χ4v) is 2.64. The first-order valence-corrected chi connectivity index (χ1v) is 7.47. The number of carbonyl (C=O) groups excluding carboxylic acids is 4. The number of nitrogens with zero attached hydrogens (tertiary/aromatic N) is 2. The van der Waals surface area contributed by atoms with Gasteiger partial charge >= 0.3 is 0 Å². The number of imide groups is 1. The fourth-order valence-electron chi connectivity index (χ4n) is 2.64.